The van der Waals surface area contributed by atoms with Gasteiger partial charge in [-0.3, -0.25) is 14.3 Å². The lowest BCUT2D eigenvalue weighted by Gasteiger charge is -2.21. The molecule has 228 valence electrons. The molecule has 0 aliphatic heterocycles. The number of anilines is 2. The Bertz CT molecular complexity index is 1770. The number of benzene rings is 2. The molecule has 8 nitrogen and oxygen atoms in total. The molecule has 3 atom stereocenters. The van der Waals surface area contributed by atoms with Crippen molar-refractivity contribution in [3.05, 3.63) is 91.7 Å². The molecule has 2 heterocycles. The van der Waals surface area contributed by atoms with Crippen molar-refractivity contribution < 1.29 is 18.4 Å². The first-order valence-corrected chi connectivity index (χ1v) is 15.4. The third-order valence-electron chi connectivity index (χ3n) is 8.05. The maximum absolute atomic E-state index is 13.2. The van der Waals surface area contributed by atoms with Gasteiger partial charge < -0.3 is 10.6 Å². The first kappa shape index (κ1) is 31.6. The van der Waals surface area contributed by atoms with Crippen molar-refractivity contribution in [2.75, 3.05) is 10.6 Å². The third kappa shape index (κ3) is 6.07. The van der Waals surface area contributed by atoms with E-state index in [1.54, 1.807) is 24.3 Å². The van der Waals surface area contributed by atoms with Crippen molar-refractivity contribution in [2.45, 2.75) is 45.0 Å². The van der Waals surface area contributed by atoms with Crippen molar-refractivity contribution in [1.29, 1.82) is 5.26 Å². The highest BCUT2D eigenvalue weighted by atomic mass is 35.5. The summed E-state index contributed by atoms with van der Waals surface area (Å²) in [5.74, 6) is 1.19. The van der Waals surface area contributed by atoms with Gasteiger partial charge in [0.1, 0.15) is 21.7 Å². The van der Waals surface area contributed by atoms with Crippen LogP contribution >= 0.6 is 34.7 Å². The molecule has 1 saturated carbocycles. The lowest BCUT2D eigenvalue weighted by molar-refractivity contribution is 0.100. The minimum atomic E-state index is -2.78. The number of hydrogen-bond donors (Lipinski definition) is 2. The van der Waals surface area contributed by atoms with Crippen LogP contribution in [0.3, 0.4) is 0 Å². The number of amides is 2. The number of para-hydroxylation sites is 1. The number of aromatic nitrogens is 3. The van der Waals surface area contributed by atoms with E-state index in [1.807, 2.05) is 18.2 Å². The van der Waals surface area contributed by atoms with Gasteiger partial charge in [-0.1, -0.05) is 61.3 Å². The Labute approximate surface area is 267 Å². The van der Waals surface area contributed by atoms with Crippen LogP contribution in [0.25, 0.3) is 0 Å². The number of carbonyl (C=O) groups is 2. The molecule has 2 amide bonds. The Kier molecular flexibility index (Phi) is 9.34. The highest BCUT2D eigenvalue weighted by molar-refractivity contribution is 7.09. The second kappa shape index (κ2) is 13.0. The monoisotopic (exact) mass is 656 g/mol. The Morgan fingerprint density at radius 2 is 1.73 bits per heavy atom. The quantitative estimate of drug-likeness (QED) is 0.216. The van der Waals surface area contributed by atoms with Crippen molar-refractivity contribution in [2.24, 2.45) is 18.9 Å². The molecule has 2 N–H and O–H groups in total. The summed E-state index contributed by atoms with van der Waals surface area (Å²) in [6, 6.07) is 14.6. The van der Waals surface area contributed by atoms with Gasteiger partial charge in [0.2, 0.25) is 0 Å². The zero-order chi connectivity index (χ0) is 31.7. The largest absolute Gasteiger partial charge is 0.322 e. The fourth-order valence-electron chi connectivity index (χ4n) is 6.38. The number of hydrogen-bond acceptors (Lipinski definition) is 6. The van der Waals surface area contributed by atoms with E-state index in [4.69, 9.17) is 28.5 Å². The lowest BCUT2D eigenvalue weighted by atomic mass is 9.85. The number of halogens is 4. The smallest absolute Gasteiger partial charge is 0.282 e. The van der Waals surface area contributed by atoms with E-state index in [2.05, 4.69) is 40.0 Å². The standard InChI is InChI=1S/C20H23F2N3O.C11H5Cl2N3OS/c1-10(2)16-12-7-8-13(16)17-11(12)5-4-6-15(17)23-20(26)14-9-25(3)24-18(14)19(21)22;12-8-9(18-16-10(8)13)11(17)15-7-4-2-1-3-6(7)5-14/h4-6,9-10,12-13,16,19H,7-8H2,1-3H3,(H,23,26);1-4H,(H,15,17)/t12-,13-,16?;/m0./s1. The predicted octanol–water partition coefficient (Wildman–Crippen LogP) is 8.43. The summed E-state index contributed by atoms with van der Waals surface area (Å²) in [6.07, 6.45) is 0.890. The Morgan fingerprint density at radius 3 is 2.39 bits per heavy atom. The first-order chi connectivity index (χ1) is 21.0. The van der Waals surface area contributed by atoms with E-state index >= 15 is 0 Å². The molecule has 2 aliphatic carbocycles. The Hall–Kier alpha value is -3.85. The lowest BCUT2D eigenvalue weighted by Crippen LogP contribution is -2.16. The molecule has 4 aromatic rings. The van der Waals surface area contributed by atoms with Crippen LogP contribution in [-0.2, 0) is 7.05 Å². The highest BCUT2D eigenvalue weighted by Gasteiger charge is 2.48. The second-order valence-electron chi connectivity index (χ2n) is 11.0. The summed E-state index contributed by atoms with van der Waals surface area (Å²) in [4.78, 5) is 24.8. The number of carbonyl (C=O) groups excluding carboxylic acids is 2. The van der Waals surface area contributed by atoms with Gasteiger partial charge in [-0.05, 0) is 77.4 Å². The van der Waals surface area contributed by atoms with Crippen molar-refractivity contribution in [3.63, 3.8) is 0 Å². The zero-order valence-electron chi connectivity index (χ0n) is 23.9. The van der Waals surface area contributed by atoms with Crippen LogP contribution in [0, 0.1) is 23.2 Å². The summed E-state index contributed by atoms with van der Waals surface area (Å²) >= 11 is 12.4. The molecule has 1 fully saturated rings. The summed E-state index contributed by atoms with van der Waals surface area (Å²) in [5, 5.41) is 18.3. The zero-order valence-corrected chi connectivity index (χ0v) is 26.3. The molecule has 2 bridgehead atoms. The van der Waals surface area contributed by atoms with E-state index in [-0.39, 0.29) is 20.6 Å². The van der Waals surface area contributed by atoms with Crippen LogP contribution in [0.1, 0.15) is 87.4 Å². The van der Waals surface area contributed by atoms with Gasteiger partial charge in [-0.2, -0.15) is 14.7 Å². The molecule has 1 unspecified atom stereocenters. The number of fused-ring (bicyclic) bond motifs is 5. The van der Waals surface area contributed by atoms with Gasteiger partial charge in [0.05, 0.1) is 16.8 Å². The number of nitrogens with one attached hydrogen (secondary N) is 2. The van der Waals surface area contributed by atoms with Crippen LogP contribution < -0.4 is 10.6 Å². The van der Waals surface area contributed by atoms with E-state index in [0.717, 1.165) is 23.6 Å². The Balaban J connectivity index is 0.000000187. The maximum atomic E-state index is 13.2. The first-order valence-electron chi connectivity index (χ1n) is 13.9. The number of nitrogens with zero attached hydrogens (tertiary/aromatic N) is 4. The van der Waals surface area contributed by atoms with Crippen LogP contribution in [0.4, 0.5) is 20.2 Å². The molecular formula is C31H28Cl2F2N6O2S. The minimum Gasteiger partial charge on any atom is -0.322 e. The summed E-state index contributed by atoms with van der Waals surface area (Å²) in [6.45, 7) is 4.51. The SMILES string of the molecule is CC(C)C1[C@@H]2CC[C@H]1c1cccc(NC(=O)c3cn(C)nc3C(F)F)c12.N#Cc1ccccc1NC(=O)c1snc(Cl)c1Cl. The normalized spacial score (nSPS) is 18.0. The molecular weight excluding hydrogens is 629 g/mol. The van der Waals surface area contributed by atoms with Crippen LogP contribution in [-0.4, -0.2) is 26.0 Å². The second-order valence-corrected chi connectivity index (χ2v) is 12.5. The average Bonchev–Trinajstić information content (AvgIpc) is 3.76. The molecule has 0 spiro atoms. The van der Waals surface area contributed by atoms with Crippen LogP contribution in [0.2, 0.25) is 10.2 Å². The Morgan fingerprint density at radius 1 is 1.05 bits per heavy atom. The van der Waals surface area contributed by atoms with Crippen molar-refractivity contribution >= 4 is 57.9 Å². The third-order valence-corrected chi connectivity index (χ3v) is 9.85. The van der Waals surface area contributed by atoms with Gasteiger partial charge in [0.15, 0.2) is 5.15 Å². The van der Waals surface area contributed by atoms with Crippen molar-refractivity contribution in [3.8, 4) is 6.07 Å². The molecule has 2 aromatic carbocycles. The van der Waals surface area contributed by atoms with E-state index < -0.39 is 23.9 Å². The number of aryl methyl sites for hydroxylation is 1. The molecule has 2 aliphatic rings. The van der Waals surface area contributed by atoms with E-state index in [9.17, 15) is 18.4 Å². The minimum absolute atomic E-state index is 0.0660. The maximum Gasteiger partial charge on any atom is 0.282 e. The average molecular weight is 658 g/mol. The molecule has 44 heavy (non-hydrogen) atoms. The van der Waals surface area contributed by atoms with Gasteiger partial charge >= 0.3 is 0 Å². The van der Waals surface area contributed by atoms with Gasteiger partial charge in [-0.15, -0.1) is 0 Å². The summed E-state index contributed by atoms with van der Waals surface area (Å²) < 4.78 is 31.4. The fourth-order valence-corrected chi connectivity index (χ4v) is 7.49. The molecule has 0 saturated heterocycles. The number of rotatable bonds is 6. The van der Waals surface area contributed by atoms with E-state index in [1.165, 1.54) is 35.5 Å². The van der Waals surface area contributed by atoms with Gasteiger partial charge in [0.25, 0.3) is 18.2 Å². The van der Waals surface area contributed by atoms with Gasteiger partial charge in [0, 0.05) is 18.9 Å². The van der Waals surface area contributed by atoms with Crippen LogP contribution in [0.5, 0.6) is 0 Å². The fraction of sp³-hybridized carbons (Fsp3) is 0.323. The molecule has 6 rings (SSSR count). The highest BCUT2D eigenvalue weighted by Crippen LogP contribution is 2.61. The van der Waals surface area contributed by atoms with Crippen LogP contribution in [0.15, 0.2) is 48.7 Å². The predicted molar refractivity (Wildman–Crippen MR) is 167 cm³/mol. The summed E-state index contributed by atoms with van der Waals surface area (Å²) in [5.41, 5.74) is 3.54. The molecule has 2 aromatic heterocycles. The summed E-state index contributed by atoms with van der Waals surface area (Å²) in [7, 11) is 1.54. The molecule has 0 radical (unpaired) electrons. The van der Waals surface area contributed by atoms with Gasteiger partial charge in [-0.25, -0.2) is 8.78 Å². The van der Waals surface area contributed by atoms with Crippen molar-refractivity contribution in [1.82, 2.24) is 14.2 Å². The van der Waals surface area contributed by atoms with E-state index in [0.29, 0.717) is 34.9 Å². The topological polar surface area (TPSA) is 113 Å². The number of nitriles is 1. The molecule has 13 heteroatoms. The number of alkyl halides is 2.